The Hall–Kier alpha value is -1.45. The van der Waals surface area contributed by atoms with Gasteiger partial charge in [-0.3, -0.25) is 0 Å². The third-order valence-electron chi connectivity index (χ3n) is 2.69. The second kappa shape index (κ2) is 6.99. The lowest BCUT2D eigenvalue weighted by Crippen LogP contribution is -2.03. The minimum absolute atomic E-state index is 0.469. The molecule has 4 heteroatoms. The van der Waals surface area contributed by atoms with E-state index in [0.717, 1.165) is 29.8 Å². The van der Waals surface area contributed by atoms with Gasteiger partial charge < -0.3 is 4.98 Å². The van der Waals surface area contributed by atoms with Gasteiger partial charge in [-0.05, 0) is 12.8 Å². The number of H-pyrrole nitrogens is 1. The first-order valence-electron chi connectivity index (χ1n) is 6.51. The fourth-order valence-corrected chi connectivity index (χ4v) is 1.81. The minimum atomic E-state index is 0.469. The number of aromatic amines is 1. The van der Waals surface area contributed by atoms with Crippen LogP contribution in [0.25, 0.3) is 11.2 Å². The minimum Gasteiger partial charge on any atom is -0.342 e. The number of fused-ring (bicyclic) bond motifs is 1. The van der Waals surface area contributed by atoms with Gasteiger partial charge in [-0.2, -0.15) is 0 Å². The highest BCUT2D eigenvalue weighted by molar-refractivity contribution is 5.68. The third kappa shape index (κ3) is 3.25. The number of hydrogen-bond acceptors (Lipinski definition) is 3. The highest BCUT2D eigenvalue weighted by Crippen LogP contribution is 2.21. The van der Waals surface area contributed by atoms with E-state index in [9.17, 15) is 0 Å². The van der Waals surface area contributed by atoms with E-state index in [0.29, 0.717) is 5.92 Å². The maximum atomic E-state index is 4.47. The molecule has 0 fully saturated rings. The average molecular weight is 234 g/mol. The van der Waals surface area contributed by atoms with Crippen molar-refractivity contribution in [3.8, 4) is 0 Å². The van der Waals surface area contributed by atoms with Crippen LogP contribution >= 0.6 is 0 Å². The summed E-state index contributed by atoms with van der Waals surface area (Å²) in [5.74, 6) is 1.40. The van der Waals surface area contributed by atoms with Crippen molar-refractivity contribution in [2.24, 2.45) is 0 Å². The average Bonchev–Trinajstić information content (AvgIpc) is 2.85. The third-order valence-corrected chi connectivity index (χ3v) is 2.69. The largest absolute Gasteiger partial charge is 0.342 e. The summed E-state index contributed by atoms with van der Waals surface area (Å²) in [6.45, 7) is 8.37. The fourth-order valence-electron chi connectivity index (χ4n) is 1.81. The zero-order chi connectivity index (χ0) is 12.7. The molecule has 0 bridgehead atoms. The molecule has 0 spiro atoms. The molecule has 0 saturated heterocycles. The van der Waals surface area contributed by atoms with Crippen LogP contribution in [0.2, 0.25) is 0 Å². The molecule has 2 aromatic rings. The van der Waals surface area contributed by atoms with E-state index < -0.39 is 0 Å². The number of imidazole rings is 1. The summed E-state index contributed by atoms with van der Waals surface area (Å²) in [5, 5.41) is 0. The summed E-state index contributed by atoms with van der Waals surface area (Å²) in [5.41, 5.74) is 1.68. The lowest BCUT2D eigenvalue weighted by molar-refractivity contribution is 0.566. The van der Waals surface area contributed by atoms with E-state index in [-0.39, 0.29) is 0 Å². The van der Waals surface area contributed by atoms with Gasteiger partial charge in [0.2, 0.25) is 0 Å². The molecule has 2 aromatic heterocycles. The number of nitrogens with one attached hydrogen (secondary N) is 1. The first-order valence-corrected chi connectivity index (χ1v) is 6.51. The molecule has 0 amide bonds. The van der Waals surface area contributed by atoms with Crippen LogP contribution < -0.4 is 0 Å². The van der Waals surface area contributed by atoms with Gasteiger partial charge in [0.15, 0.2) is 5.65 Å². The lowest BCUT2D eigenvalue weighted by Gasteiger charge is -2.11. The van der Waals surface area contributed by atoms with Crippen LogP contribution in [0.15, 0.2) is 12.5 Å². The van der Waals surface area contributed by atoms with Crippen molar-refractivity contribution in [3.63, 3.8) is 0 Å². The Bertz CT molecular complexity index is 436. The highest BCUT2D eigenvalue weighted by atomic mass is 15.0. The molecule has 4 nitrogen and oxygen atoms in total. The maximum Gasteiger partial charge on any atom is 0.180 e. The maximum absolute atomic E-state index is 4.47. The van der Waals surface area contributed by atoms with E-state index in [1.165, 1.54) is 6.42 Å². The van der Waals surface area contributed by atoms with Gasteiger partial charge >= 0.3 is 0 Å². The molecular weight excluding hydrogens is 212 g/mol. The fraction of sp³-hybridized carbons (Fsp3) is 0.615. The molecule has 1 atom stereocenters. The van der Waals surface area contributed by atoms with E-state index in [1.54, 1.807) is 6.33 Å². The summed E-state index contributed by atoms with van der Waals surface area (Å²) in [6.07, 6.45) is 6.88. The SMILES string of the molecule is CC.CCCC(CC)c1ncc2[nH]cnc2n1. The van der Waals surface area contributed by atoms with Gasteiger partial charge in [-0.15, -0.1) is 0 Å². The van der Waals surface area contributed by atoms with E-state index >= 15 is 0 Å². The topological polar surface area (TPSA) is 54.5 Å². The summed E-state index contributed by atoms with van der Waals surface area (Å²) < 4.78 is 0. The monoisotopic (exact) mass is 234 g/mol. The summed E-state index contributed by atoms with van der Waals surface area (Å²) in [7, 11) is 0. The number of hydrogen-bond donors (Lipinski definition) is 1. The molecule has 0 aliphatic rings. The van der Waals surface area contributed by atoms with Crippen molar-refractivity contribution in [2.45, 2.75) is 52.9 Å². The van der Waals surface area contributed by atoms with E-state index in [1.807, 2.05) is 20.0 Å². The molecule has 0 saturated carbocycles. The Kier molecular flexibility index (Phi) is 5.60. The Labute approximate surface area is 103 Å². The molecule has 1 N–H and O–H groups in total. The van der Waals surface area contributed by atoms with Crippen molar-refractivity contribution in [2.75, 3.05) is 0 Å². The van der Waals surface area contributed by atoms with Crippen LogP contribution in [0.1, 0.15) is 58.7 Å². The Morgan fingerprint density at radius 3 is 2.65 bits per heavy atom. The smallest absolute Gasteiger partial charge is 0.180 e. The Balaban J connectivity index is 0.000000686. The van der Waals surface area contributed by atoms with Gasteiger partial charge in [-0.25, -0.2) is 15.0 Å². The Morgan fingerprint density at radius 1 is 1.24 bits per heavy atom. The van der Waals surface area contributed by atoms with Gasteiger partial charge in [0, 0.05) is 5.92 Å². The molecule has 2 rings (SSSR count). The quantitative estimate of drug-likeness (QED) is 0.878. The second-order valence-electron chi connectivity index (χ2n) is 3.76. The van der Waals surface area contributed by atoms with E-state index in [2.05, 4.69) is 33.8 Å². The summed E-state index contributed by atoms with van der Waals surface area (Å²) >= 11 is 0. The van der Waals surface area contributed by atoms with Gasteiger partial charge in [0.05, 0.1) is 12.5 Å². The number of rotatable bonds is 4. The first-order chi connectivity index (χ1) is 8.35. The molecule has 0 radical (unpaired) electrons. The normalized spacial score (nSPS) is 12.0. The second-order valence-corrected chi connectivity index (χ2v) is 3.76. The van der Waals surface area contributed by atoms with Gasteiger partial charge in [0.25, 0.3) is 0 Å². The van der Waals surface area contributed by atoms with Crippen molar-refractivity contribution in [3.05, 3.63) is 18.3 Å². The molecule has 0 aromatic carbocycles. The van der Waals surface area contributed by atoms with Crippen molar-refractivity contribution in [1.29, 1.82) is 0 Å². The molecule has 0 aliphatic carbocycles. The van der Waals surface area contributed by atoms with E-state index in [4.69, 9.17) is 0 Å². The van der Waals surface area contributed by atoms with Crippen LogP contribution in [-0.2, 0) is 0 Å². The molecule has 0 aliphatic heterocycles. The van der Waals surface area contributed by atoms with Crippen LogP contribution in [0.4, 0.5) is 0 Å². The van der Waals surface area contributed by atoms with Crippen LogP contribution in [0.3, 0.4) is 0 Å². The van der Waals surface area contributed by atoms with Gasteiger partial charge in [-0.1, -0.05) is 34.1 Å². The number of aromatic nitrogens is 4. The van der Waals surface area contributed by atoms with Crippen LogP contribution in [-0.4, -0.2) is 19.9 Å². The summed E-state index contributed by atoms with van der Waals surface area (Å²) in [6, 6.07) is 0. The van der Waals surface area contributed by atoms with Crippen molar-refractivity contribution >= 4 is 11.2 Å². The Morgan fingerprint density at radius 2 is 2.00 bits per heavy atom. The van der Waals surface area contributed by atoms with Crippen LogP contribution in [0, 0.1) is 0 Å². The van der Waals surface area contributed by atoms with Crippen LogP contribution in [0.5, 0.6) is 0 Å². The predicted molar refractivity (Wildman–Crippen MR) is 71.0 cm³/mol. The molecule has 1 unspecified atom stereocenters. The van der Waals surface area contributed by atoms with Crippen molar-refractivity contribution < 1.29 is 0 Å². The zero-order valence-corrected chi connectivity index (χ0v) is 11.2. The highest BCUT2D eigenvalue weighted by Gasteiger charge is 2.12. The first kappa shape index (κ1) is 13.6. The van der Waals surface area contributed by atoms with Gasteiger partial charge in [0.1, 0.15) is 11.3 Å². The standard InChI is InChI=1S/C11H16N4.C2H6/c1-3-5-8(4-2)10-12-6-9-11(15-10)14-7-13-9;1-2/h6-8H,3-5H2,1-2H3,(H,12,13,14,15);1-2H3. The zero-order valence-electron chi connectivity index (χ0n) is 11.2. The molecule has 2 heterocycles. The lowest BCUT2D eigenvalue weighted by atomic mass is 10.00. The number of nitrogens with zero attached hydrogens (tertiary/aromatic N) is 3. The predicted octanol–water partition coefficient (Wildman–Crippen LogP) is 3.67. The summed E-state index contributed by atoms with van der Waals surface area (Å²) in [4.78, 5) is 16.0. The molecule has 17 heavy (non-hydrogen) atoms. The van der Waals surface area contributed by atoms with Crippen molar-refractivity contribution in [1.82, 2.24) is 19.9 Å². The molecular formula is C13H22N4. The molecule has 94 valence electrons.